The molecule has 1 aromatic heterocycles. The van der Waals surface area contributed by atoms with E-state index < -0.39 is 10.0 Å². The van der Waals surface area contributed by atoms with E-state index in [1.54, 1.807) is 30.6 Å². The molecule has 1 aromatic carbocycles. The van der Waals surface area contributed by atoms with E-state index in [9.17, 15) is 8.42 Å². The van der Waals surface area contributed by atoms with E-state index in [0.717, 1.165) is 0 Å². The summed E-state index contributed by atoms with van der Waals surface area (Å²) in [6.07, 6.45) is 3.08. The SMILES string of the molecule is COc1ccc(S(=O)(=O)N2CC(Oc3cccnc3)C2)cc1OC. The van der Waals surface area contributed by atoms with E-state index in [0.29, 0.717) is 30.3 Å². The van der Waals surface area contributed by atoms with Crippen molar-refractivity contribution >= 4 is 10.0 Å². The second kappa shape index (κ2) is 6.66. The molecule has 0 N–H and O–H groups in total. The van der Waals surface area contributed by atoms with Gasteiger partial charge in [0.25, 0.3) is 0 Å². The first-order chi connectivity index (χ1) is 11.5. The van der Waals surface area contributed by atoms with Crippen LogP contribution in [0.1, 0.15) is 0 Å². The molecule has 0 bridgehead atoms. The molecule has 1 fully saturated rings. The van der Waals surface area contributed by atoms with E-state index in [-0.39, 0.29) is 11.0 Å². The summed E-state index contributed by atoms with van der Waals surface area (Å²) in [5, 5.41) is 0. The Kier molecular flexibility index (Phi) is 4.59. The van der Waals surface area contributed by atoms with Gasteiger partial charge in [-0.25, -0.2) is 8.42 Å². The number of methoxy groups -OCH3 is 2. The molecule has 0 atom stereocenters. The third-order valence-corrected chi connectivity index (χ3v) is 5.57. The highest BCUT2D eigenvalue weighted by Crippen LogP contribution is 2.32. The van der Waals surface area contributed by atoms with Crippen molar-refractivity contribution in [3.05, 3.63) is 42.7 Å². The summed E-state index contributed by atoms with van der Waals surface area (Å²) in [6.45, 7) is 0.594. The molecule has 0 saturated carbocycles. The molecule has 128 valence electrons. The smallest absolute Gasteiger partial charge is 0.243 e. The van der Waals surface area contributed by atoms with E-state index in [2.05, 4.69) is 4.98 Å². The maximum absolute atomic E-state index is 12.6. The molecule has 1 aliphatic heterocycles. The summed E-state index contributed by atoms with van der Waals surface area (Å²) in [4.78, 5) is 4.13. The van der Waals surface area contributed by atoms with Gasteiger partial charge in [-0.15, -0.1) is 0 Å². The van der Waals surface area contributed by atoms with Gasteiger partial charge in [0.05, 0.1) is 38.4 Å². The number of sulfonamides is 1. The monoisotopic (exact) mass is 350 g/mol. The number of pyridine rings is 1. The third kappa shape index (κ3) is 3.15. The zero-order valence-electron chi connectivity index (χ0n) is 13.4. The summed E-state index contributed by atoms with van der Waals surface area (Å²) >= 11 is 0. The van der Waals surface area contributed by atoms with Crippen molar-refractivity contribution < 1.29 is 22.6 Å². The first-order valence-corrected chi connectivity index (χ1v) is 8.77. The topological polar surface area (TPSA) is 78.0 Å². The first-order valence-electron chi connectivity index (χ1n) is 7.33. The largest absolute Gasteiger partial charge is 0.493 e. The molecule has 8 heteroatoms. The summed E-state index contributed by atoms with van der Waals surface area (Å²) in [7, 11) is -0.613. The fraction of sp³-hybridized carbons (Fsp3) is 0.312. The van der Waals surface area contributed by atoms with Crippen molar-refractivity contribution in [1.29, 1.82) is 0 Å². The van der Waals surface area contributed by atoms with Crippen LogP contribution < -0.4 is 14.2 Å². The highest BCUT2D eigenvalue weighted by atomic mass is 32.2. The lowest BCUT2D eigenvalue weighted by atomic mass is 10.2. The zero-order valence-corrected chi connectivity index (χ0v) is 14.2. The van der Waals surface area contributed by atoms with Gasteiger partial charge < -0.3 is 14.2 Å². The lowest BCUT2D eigenvalue weighted by Crippen LogP contribution is -2.55. The van der Waals surface area contributed by atoms with Crippen molar-refractivity contribution in [2.75, 3.05) is 27.3 Å². The molecule has 1 aliphatic rings. The molecular formula is C16H18N2O5S. The minimum atomic E-state index is -3.58. The van der Waals surface area contributed by atoms with Crippen LogP contribution >= 0.6 is 0 Å². The van der Waals surface area contributed by atoms with Crippen LogP contribution in [0.2, 0.25) is 0 Å². The van der Waals surface area contributed by atoms with Crippen molar-refractivity contribution in [3.63, 3.8) is 0 Å². The van der Waals surface area contributed by atoms with Crippen LogP contribution in [0.3, 0.4) is 0 Å². The van der Waals surface area contributed by atoms with Gasteiger partial charge in [0.15, 0.2) is 11.5 Å². The highest BCUT2D eigenvalue weighted by molar-refractivity contribution is 7.89. The number of rotatable bonds is 6. The summed E-state index contributed by atoms with van der Waals surface area (Å²) in [5.41, 5.74) is 0. The van der Waals surface area contributed by atoms with Crippen LogP contribution in [0.15, 0.2) is 47.6 Å². The lowest BCUT2D eigenvalue weighted by molar-refractivity contribution is 0.0758. The molecule has 2 heterocycles. The van der Waals surface area contributed by atoms with Crippen LogP contribution in [-0.4, -0.2) is 51.1 Å². The first kappa shape index (κ1) is 16.5. The Hall–Kier alpha value is -2.32. The van der Waals surface area contributed by atoms with Gasteiger partial charge in [0, 0.05) is 12.3 Å². The quantitative estimate of drug-likeness (QED) is 0.787. The van der Waals surface area contributed by atoms with Gasteiger partial charge >= 0.3 is 0 Å². The van der Waals surface area contributed by atoms with E-state index in [4.69, 9.17) is 14.2 Å². The van der Waals surface area contributed by atoms with E-state index in [1.165, 1.54) is 30.7 Å². The van der Waals surface area contributed by atoms with Gasteiger partial charge in [-0.05, 0) is 24.3 Å². The second-order valence-corrected chi connectivity index (χ2v) is 7.21. The predicted molar refractivity (Wildman–Crippen MR) is 87.0 cm³/mol. The Bertz CT molecular complexity index is 804. The van der Waals surface area contributed by atoms with Gasteiger partial charge in [-0.2, -0.15) is 4.31 Å². The molecule has 7 nitrogen and oxygen atoms in total. The Morgan fingerprint density at radius 1 is 1.12 bits per heavy atom. The molecule has 3 rings (SSSR count). The predicted octanol–water partition coefficient (Wildman–Crippen LogP) is 1.55. The Labute approximate surface area is 140 Å². The number of benzene rings is 1. The standard InChI is InChI=1S/C16H18N2O5S/c1-21-15-6-5-14(8-16(15)22-2)24(19,20)18-10-13(11-18)23-12-4-3-7-17-9-12/h3-9,13H,10-11H2,1-2H3. The Morgan fingerprint density at radius 2 is 1.88 bits per heavy atom. The molecule has 0 unspecified atom stereocenters. The fourth-order valence-electron chi connectivity index (χ4n) is 2.41. The highest BCUT2D eigenvalue weighted by Gasteiger charge is 2.38. The van der Waals surface area contributed by atoms with Crippen molar-refractivity contribution in [2.24, 2.45) is 0 Å². The van der Waals surface area contributed by atoms with E-state index in [1.807, 2.05) is 0 Å². The van der Waals surface area contributed by atoms with Gasteiger partial charge in [0.1, 0.15) is 11.9 Å². The van der Waals surface area contributed by atoms with Crippen LogP contribution in [0.25, 0.3) is 0 Å². The zero-order chi connectivity index (χ0) is 17.2. The molecule has 2 aromatic rings. The molecule has 0 aliphatic carbocycles. The summed E-state index contributed by atoms with van der Waals surface area (Å²) in [6, 6.07) is 8.11. The average molecular weight is 350 g/mol. The molecule has 24 heavy (non-hydrogen) atoms. The number of aromatic nitrogens is 1. The third-order valence-electron chi connectivity index (χ3n) is 3.74. The van der Waals surface area contributed by atoms with Gasteiger partial charge in [-0.3, -0.25) is 4.98 Å². The lowest BCUT2D eigenvalue weighted by Gasteiger charge is -2.37. The van der Waals surface area contributed by atoms with Crippen LogP contribution in [0, 0.1) is 0 Å². The van der Waals surface area contributed by atoms with Crippen LogP contribution in [0.4, 0.5) is 0 Å². The number of hydrogen-bond acceptors (Lipinski definition) is 6. The molecule has 1 saturated heterocycles. The van der Waals surface area contributed by atoms with Crippen LogP contribution in [-0.2, 0) is 10.0 Å². The summed E-state index contributed by atoms with van der Waals surface area (Å²) < 4.78 is 42.6. The molecular weight excluding hydrogens is 332 g/mol. The van der Waals surface area contributed by atoms with Crippen molar-refractivity contribution in [1.82, 2.24) is 9.29 Å². The van der Waals surface area contributed by atoms with Gasteiger partial charge in [-0.1, -0.05) is 0 Å². The average Bonchev–Trinajstić information content (AvgIpc) is 2.57. The number of ether oxygens (including phenoxy) is 3. The maximum atomic E-state index is 12.6. The van der Waals surface area contributed by atoms with Crippen molar-refractivity contribution in [3.8, 4) is 17.2 Å². The number of nitrogens with zero attached hydrogens (tertiary/aromatic N) is 2. The molecule has 0 spiro atoms. The normalized spacial score (nSPS) is 15.6. The van der Waals surface area contributed by atoms with Crippen LogP contribution in [0.5, 0.6) is 17.2 Å². The Balaban J connectivity index is 1.69. The maximum Gasteiger partial charge on any atom is 0.243 e. The minimum Gasteiger partial charge on any atom is -0.493 e. The van der Waals surface area contributed by atoms with Gasteiger partial charge in [0.2, 0.25) is 10.0 Å². The summed E-state index contributed by atoms with van der Waals surface area (Å²) in [5.74, 6) is 1.49. The Morgan fingerprint density at radius 3 is 2.50 bits per heavy atom. The number of hydrogen-bond donors (Lipinski definition) is 0. The van der Waals surface area contributed by atoms with E-state index >= 15 is 0 Å². The minimum absolute atomic E-state index is 0.167. The van der Waals surface area contributed by atoms with Crippen molar-refractivity contribution in [2.45, 2.75) is 11.0 Å². The fourth-order valence-corrected chi connectivity index (χ4v) is 3.93. The molecule has 0 radical (unpaired) electrons. The molecule has 0 amide bonds. The second-order valence-electron chi connectivity index (χ2n) is 5.27.